The number of methoxy groups -OCH3 is 1. The number of aromatic nitrogens is 1. The largest absolute Gasteiger partial charge is 0.480 e. The highest BCUT2D eigenvalue weighted by Crippen LogP contribution is 2.27. The van der Waals surface area contributed by atoms with Gasteiger partial charge in [-0.05, 0) is 6.42 Å². The molecule has 1 aromatic rings. The number of nitrogens with zero attached hydrogens (tertiary/aromatic N) is 2. The minimum Gasteiger partial charge on any atom is -0.480 e. The third kappa shape index (κ3) is 2.56. The van der Waals surface area contributed by atoms with Crippen molar-refractivity contribution in [3.8, 4) is 0 Å². The van der Waals surface area contributed by atoms with Crippen molar-refractivity contribution in [2.24, 2.45) is 5.73 Å². The van der Waals surface area contributed by atoms with Crippen LogP contribution >= 0.6 is 11.3 Å². The molecule has 1 aliphatic heterocycles. The van der Waals surface area contributed by atoms with Crippen LogP contribution in [0.1, 0.15) is 18.2 Å². The van der Waals surface area contributed by atoms with E-state index >= 15 is 0 Å². The highest BCUT2D eigenvalue weighted by molar-refractivity contribution is 7.13. The van der Waals surface area contributed by atoms with E-state index in [0.29, 0.717) is 5.69 Å². The Morgan fingerprint density at radius 2 is 2.59 bits per heavy atom. The molecule has 1 aliphatic rings. The summed E-state index contributed by atoms with van der Waals surface area (Å²) in [5, 5.41) is 11.3. The van der Waals surface area contributed by atoms with E-state index in [1.165, 1.54) is 11.3 Å². The standard InChI is InChI=1S/C10H15N3O3S/c1-16-6-2-3-13(4-6)10-12-7(5-17-10)8(11)9(14)15/h5-6,8H,2-4,11H2,1H3,(H,14,15). The van der Waals surface area contributed by atoms with Crippen LogP contribution in [0.3, 0.4) is 0 Å². The van der Waals surface area contributed by atoms with Gasteiger partial charge >= 0.3 is 5.97 Å². The fraction of sp³-hybridized carbons (Fsp3) is 0.600. The molecule has 0 bridgehead atoms. The van der Waals surface area contributed by atoms with Gasteiger partial charge in [0.05, 0.1) is 11.8 Å². The maximum absolute atomic E-state index is 10.7. The first kappa shape index (κ1) is 12.3. The number of thiazole rings is 1. The van der Waals surface area contributed by atoms with Crippen molar-refractivity contribution < 1.29 is 14.6 Å². The molecule has 2 rings (SSSR count). The molecule has 0 aromatic carbocycles. The molecular formula is C10H15N3O3S. The second kappa shape index (κ2) is 4.99. The molecule has 1 saturated heterocycles. The molecule has 1 aromatic heterocycles. The van der Waals surface area contributed by atoms with E-state index in [9.17, 15) is 4.79 Å². The number of carboxylic acids is 1. The average molecular weight is 257 g/mol. The van der Waals surface area contributed by atoms with Gasteiger partial charge in [-0.2, -0.15) is 0 Å². The van der Waals surface area contributed by atoms with E-state index in [1.807, 2.05) is 0 Å². The third-order valence-corrected chi connectivity index (χ3v) is 3.76. The lowest BCUT2D eigenvalue weighted by molar-refractivity contribution is -0.138. The number of hydrogen-bond donors (Lipinski definition) is 2. The third-order valence-electron chi connectivity index (χ3n) is 2.84. The zero-order valence-electron chi connectivity index (χ0n) is 9.50. The van der Waals surface area contributed by atoms with Gasteiger partial charge in [0.1, 0.15) is 6.04 Å². The lowest BCUT2D eigenvalue weighted by Crippen LogP contribution is -2.23. The average Bonchev–Trinajstić information content (AvgIpc) is 2.96. The van der Waals surface area contributed by atoms with Crippen molar-refractivity contribution in [2.75, 3.05) is 25.1 Å². The van der Waals surface area contributed by atoms with Crippen LogP contribution in [0.5, 0.6) is 0 Å². The Labute approximate surface area is 103 Å². The van der Waals surface area contributed by atoms with Gasteiger partial charge in [-0.1, -0.05) is 0 Å². The molecule has 94 valence electrons. The van der Waals surface area contributed by atoms with E-state index in [2.05, 4.69) is 9.88 Å². The molecule has 0 spiro atoms. The zero-order valence-corrected chi connectivity index (χ0v) is 10.3. The summed E-state index contributed by atoms with van der Waals surface area (Å²) in [6.45, 7) is 1.68. The highest BCUT2D eigenvalue weighted by Gasteiger charge is 2.25. The molecule has 3 N–H and O–H groups in total. The van der Waals surface area contributed by atoms with Crippen molar-refractivity contribution in [3.05, 3.63) is 11.1 Å². The lowest BCUT2D eigenvalue weighted by Gasteiger charge is -2.14. The van der Waals surface area contributed by atoms with Gasteiger partial charge in [0.25, 0.3) is 0 Å². The molecule has 17 heavy (non-hydrogen) atoms. The molecule has 2 atom stereocenters. The van der Waals surface area contributed by atoms with Gasteiger partial charge < -0.3 is 20.5 Å². The summed E-state index contributed by atoms with van der Waals surface area (Å²) in [7, 11) is 1.70. The van der Waals surface area contributed by atoms with Crippen molar-refractivity contribution in [3.63, 3.8) is 0 Å². The SMILES string of the molecule is COC1CCN(c2nc(C(N)C(=O)O)cs2)C1. The summed E-state index contributed by atoms with van der Waals surface area (Å²) in [5.41, 5.74) is 5.92. The Bertz CT molecular complexity index is 409. The predicted octanol–water partition coefficient (Wildman–Crippen LogP) is 0.453. The van der Waals surface area contributed by atoms with Gasteiger partial charge in [0, 0.05) is 25.6 Å². The van der Waals surface area contributed by atoms with E-state index in [-0.39, 0.29) is 6.10 Å². The molecule has 7 heteroatoms. The second-order valence-electron chi connectivity index (χ2n) is 3.96. The normalized spacial score (nSPS) is 21.8. The van der Waals surface area contributed by atoms with E-state index in [1.54, 1.807) is 12.5 Å². The molecule has 0 saturated carbocycles. The zero-order chi connectivity index (χ0) is 12.4. The van der Waals surface area contributed by atoms with Gasteiger partial charge in [0.15, 0.2) is 5.13 Å². The first-order chi connectivity index (χ1) is 8.11. The first-order valence-electron chi connectivity index (χ1n) is 5.33. The molecule has 0 radical (unpaired) electrons. The first-order valence-corrected chi connectivity index (χ1v) is 6.21. The van der Waals surface area contributed by atoms with Crippen molar-refractivity contribution >= 4 is 22.4 Å². The number of aliphatic carboxylic acids is 1. The number of carbonyl (C=O) groups is 1. The Morgan fingerprint density at radius 1 is 1.82 bits per heavy atom. The topological polar surface area (TPSA) is 88.7 Å². The van der Waals surface area contributed by atoms with E-state index < -0.39 is 12.0 Å². The van der Waals surface area contributed by atoms with Crippen LogP contribution in [0.4, 0.5) is 5.13 Å². The van der Waals surface area contributed by atoms with Gasteiger partial charge in [-0.15, -0.1) is 11.3 Å². The highest BCUT2D eigenvalue weighted by atomic mass is 32.1. The predicted molar refractivity (Wildman–Crippen MR) is 64.3 cm³/mol. The summed E-state index contributed by atoms with van der Waals surface area (Å²) in [6, 6.07) is -1.04. The lowest BCUT2D eigenvalue weighted by atomic mass is 10.2. The number of hydrogen-bond acceptors (Lipinski definition) is 6. The number of carboxylic acid groups (broad SMARTS) is 1. The van der Waals surface area contributed by atoms with Crippen LogP contribution in [0.2, 0.25) is 0 Å². The fourth-order valence-electron chi connectivity index (χ4n) is 1.79. The van der Waals surface area contributed by atoms with E-state index in [0.717, 1.165) is 24.6 Å². The van der Waals surface area contributed by atoms with Crippen LogP contribution in [-0.4, -0.2) is 42.4 Å². The Balaban J connectivity index is 2.06. The van der Waals surface area contributed by atoms with Crippen molar-refractivity contribution in [1.29, 1.82) is 0 Å². The summed E-state index contributed by atoms with van der Waals surface area (Å²) < 4.78 is 5.27. The summed E-state index contributed by atoms with van der Waals surface area (Å²) in [5.74, 6) is -1.06. The fourth-order valence-corrected chi connectivity index (χ4v) is 2.68. The summed E-state index contributed by atoms with van der Waals surface area (Å²) >= 11 is 1.42. The van der Waals surface area contributed by atoms with Gasteiger partial charge in [-0.25, -0.2) is 4.98 Å². The maximum atomic E-state index is 10.7. The van der Waals surface area contributed by atoms with Gasteiger partial charge in [0.2, 0.25) is 0 Å². The van der Waals surface area contributed by atoms with Crippen LogP contribution < -0.4 is 10.6 Å². The van der Waals surface area contributed by atoms with Crippen LogP contribution in [0.15, 0.2) is 5.38 Å². The minimum absolute atomic E-state index is 0.232. The van der Waals surface area contributed by atoms with Gasteiger partial charge in [-0.3, -0.25) is 4.79 Å². The van der Waals surface area contributed by atoms with Crippen molar-refractivity contribution in [1.82, 2.24) is 4.98 Å². The smallest absolute Gasteiger partial charge is 0.326 e. The Kier molecular flexibility index (Phi) is 3.60. The molecule has 2 unspecified atom stereocenters. The molecule has 0 aliphatic carbocycles. The molecular weight excluding hydrogens is 242 g/mol. The molecule has 1 fully saturated rings. The van der Waals surface area contributed by atoms with E-state index in [4.69, 9.17) is 15.6 Å². The maximum Gasteiger partial charge on any atom is 0.326 e. The molecule has 6 nitrogen and oxygen atoms in total. The second-order valence-corrected chi connectivity index (χ2v) is 4.80. The minimum atomic E-state index is -1.06. The number of anilines is 1. The van der Waals surface area contributed by atoms with Crippen LogP contribution in [0.25, 0.3) is 0 Å². The summed E-state index contributed by atoms with van der Waals surface area (Å²) in [4.78, 5) is 17.1. The quantitative estimate of drug-likeness (QED) is 0.814. The van der Waals surface area contributed by atoms with Crippen LogP contribution in [0, 0.1) is 0 Å². The molecule has 0 amide bonds. The Morgan fingerprint density at radius 3 is 3.18 bits per heavy atom. The molecule has 2 heterocycles. The van der Waals surface area contributed by atoms with Crippen LogP contribution in [-0.2, 0) is 9.53 Å². The summed E-state index contributed by atoms with van der Waals surface area (Å²) in [6.07, 6.45) is 1.20. The number of rotatable bonds is 4. The Hall–Kier alpha value is -1.18. The number of ether oxygens (including phenoxy) is 1. The monoisotopic (exact) mass is 257 g/mol. The number of nitrogens with two attached hydrogens (primary N) is 1. The van der Waals surface area contributed by atoms with Crippen molar-refractivity contribution in [2.45, 2.75) is 18.6 Å².